The molecule has 0 spiro atoms. The number of carbonyl (C=O) groups is 1. The van der Waals surface area contributed by atoms with E-state index < -0.39 is 0 Å². The summed E-state index contributed by atoms with van der Waals surface area (Å²) in [5.41, 5.74) is 6.24. The summed E-state index contributed by atoms with van der Waals surface area (Å²) in [4.78, 5) is 20.3. The van der Waals surface area contributed by atoms with E-state index in [-0.39, 0.29) is 11.9 Å². The Labute approximate surface area is 117 Å². The van der Waals surface area contributed by atoms with Crippen LogP contribution in [-0.4, -0.2) is 33.0 Å². The molecule has 1 unspecified atom stereocenters. The summed E-state index contributed by atoms with van der Waals surface area (Å²) in [7, 11) is 0. The number of imidazole rings is 1. The lowest BCUT2D eigenvalue weighted by atomic mass is 10.1. The fraction of sp³-hybridized carbons (Fsp3) is 0.357. The third-order valence-corrected chi connectivity index (χ3v) is 3.54. The summed E-state index contributed by atoms with van der Waals surface area (Å²) in [5, 5.41) is 2.98. The zero-order valence-corrected chi connectivity index (χ0v) is 11.1. The van der Waals surface area contributed by atoms with Gasteiger partial charge in [-0.25, -0.2) is 9.97 Å². The van der Waals surface area contributed by atoms with Gasteiger partial charge in [-0.15, -0.1) is 0 Å². The topological polar surface area (TPSA) is 85.8 Å². The Morgan fingerprint density at radius 1 is 1.50 bits per heavy atom. The van der Waals surface area contributed by atoms with Gasteiger partial charge in [0.15, 0.2) is 0 Å². The highest BCUT2D eigenvalue weighted by Gasteiger charge is 2.31. The van der Waals surface area contributed by atoms with E-state index in [1.54, 1.807) is 41.6 Å². The highest BCUT2D eigenvalue weighted by molar-refractivity contribution is 5.94. The number of hydrogen-bond acceptors (Lipinski definition) is 4. The minimum absolute atomic E-state index is 0.0795. The van der Waals surface area contributed by atoms with E-state index in [0.717, 1.165) is 18.7 Å². The number of amides is 1. The molecule has 0 aromatic carbocycles. The molecule has 1 aliphatic rings. The highest BCUT2D eigenvalue weighted by atomic mass is 16.1. The van der Waals surface area contributed by atoms with Crippen molar-refractivity contribution in [2.24, 2.45) is 11.7 Å². The predicted molar refractivity (Wildman–Crippen MR) is 74.4 cm³/mol. The molecule has 1 atom stereocenters. The molecular formula is C14H17N5O. The van der Waals surface area contributed by atoms with Gasteiger partial charge in [-0.1, -0.05) is 0 Å². The zero-order chi connectivity index (χ0) is 13.9. The quantitative estimate of drug-likeness (QED) is 0.839. The van der Waals surface area contributed by atoms with E-state index in [1.165, 1.54) is 0 Å². The molecule has 0 bridgehead atoms. The molecule has 1 amide bonds. The van der Waals surface area contributed by atoms with E-state index in [4.69, 9.17) is 5.73 Å². The van der Waals surface area contributed by atoms with Gasteiger partial charge in [0.1, 0.15) is 12.1 Å². The summed E-state index contributed by atoms with van der Waals surface area (Å²) in [6.45, 7) is 0.483. The van der Waals surface area contributed by atoms with Crippen molar-refractivity contribution in [1.82, 2.24) is 19.9 Å². The Balaban J connectivity index is 1.69. The second-order valence-electron chi connectivity index (χ2n) is 5.03. The molecule has 0 saturated heterocycles. The Morgan fingerprint density at radius 3 is 2.90 bits per heavy atom. The van der Waals surface area contributed by atoms with Crippen molar-refractivity contribution in [1.29, 1.82) is 0 Å². The average molecular weight is 271 g/mol. The first-order chi connectivity index (χ1) is 9.78. The SMILES string of the molecule is NCC(NC(=O)c1ccc(-n2ccnc2)nc1)C1CC1. The van der Waals surface area contributed by atoms with Gasteiger partial charge >= 0.3 is 0 Å². The Hall–Kier alpha value is -2.21. The van der Waals surface area contributed by atoms with Crippen molar-refractivity contribution < 1.29 is 4.79 Å². The van der Waals surface area contributed by atoms with Gasteiger partial charge in [0.25, 0.3) is 5.91 Å². The molecule has 1 aliphatic carbocycles. The Bertz CT molecular complexity index is 574. The third-order valence-electron chi connectivity index (χ3n) is 3.54. The second-order valence-corrected chi connectivity index (χ2v) is 5.03. The maximum atomic E-state index is 12.1. The molecule has 6 nitrogen and oxygen atoms in total. The Morgan fingerprint density at radius 2 is 2.35 bits per heavy atom. The van der Waals surface area contributed by atoms with E-state index >= 15 is 0 Å². The van der Waals surface area contributed by atoms with Crippen molar-refractivity contribution >= 4 is 5.91 Å². The molecule has 2 aromatic heterocycles. The maximum absolute atomic E-state index is 12.1. The predicted octanol–water partition coefficient (Wildman–Crippen LogP) is 0.734. The van der Waals surface area contributed by atoms with Crippen LogP contribution in [0.5, 0.6) is 0 Å². The van der Waals surface area contributed by atoms with Crippen LogP contribution in [0.2, 0.25) is 0 Å². The molecule has 2 aromatic rings. The third kappa shape index (κ3) is 2.70. The second kappa shape index (κ2) is 5.42. The van der Waals surface area contributed by atoms with Crippen molar-refractivity contribution in [3.63, 3.8) is 0 Å². The van der Waals surface area contributed by atoms with Gasteiger partial charge in [-0.05, 0) is 30.9 Å². The number of nitrogens with one attached hydrogen (secondary N) is 1. The van der Waals surface area contributed by atoms with E-state index in [9.17, 15) is 4.79 Å². The normalized spacial score (nSPS) is 15.8. The van der Waals surface area contributed by atoms with Crippen LogP contribution in [0, 0.1) is 5.92 Å². The van der Waals surface area contributed by atoms with Crippen LogP contribution in [0.25, 0.3) is 5.82 Å². The van der Waals surface area contributed by atoms with Crippen LogP contribution in [0.15, 0.2) is 37.1 Å². The van der Waals surface area contributed by atoms with E-state index in [2.05, 4.69) is 15.3 Å². The molecule has 1 fully saturated rings. The molecular weight excluding hydrogens is 254 g/mol. The number of hydrogen-bond donors (Lipinski definition) is 2. The number of carbonyl (C=O) groups excluding carboxylic acids is 1. The number of nitrogens with two attached hydrogens (primary N) is 1. The molecule has 3 N–H and O–H groups in total. The molecule has 0 radical (unpaired) electrons. The first kappa shape index (κ1) is 12.8. The smallest absolute Gasteiger partial charge is 0.253 e. The van der Waals surface area contributed by atoms with Crippen LogP contribution in [0.1, 0.15) is 23.2 Å². The van der Waals surface area contributed by atoms with E-state index in [1.807, 2.05) is 0 Å². The minimum atomic E-state index is -0.114. The van der Waals surface area contributed by atoms with Gasteiger partial charge in [-0.3, -0.25) is 9.36 Å². The fourth-order valence-electron chi connectivity index (χ4n) is 2.19. The molecule has 1 saturated carbocycles. The number of aromatic nitrogens is 3. The van der Waals surface area contributed by atoms with Crippen molar-refractivity contribution in [3.8, 4) is 5.82 Å². The maximum Gasteiger partial charge on any atom is 0.253 e. The fourth-order valence-corrected chi connectivity index (χ4v) is 2.19. The van der Waals surface area contributed by atoms with Crippen LogP contribution in [0.4, 0.5) is 0 Å². The lowest BCUT2D eigenvalue weighted by molar-refractivity contribution is 0.0933. The summed E-state index contributed by atoms with van der Waals surface area (Å²) >= 11 is 0. The average Bonchev–Trinajstić information content (AvgIpc) is 3.18. The van der Waals surface area contributed by atoms with Gasteiger partial charge in [0.05, 0.1) is 5.56 Å². The lowest BCUT2D eigenvalue weighted by Gasteiger charge is -2.15. The Kier molecular flexibility index (Phi) is 3.47. The molecule has 0 aliphatic heterocycles. The molecule has 3 rings (SSSR count). The van der Waals surface area contributed by atoms with E-state index in [0.29, 0.717) is 18.0 Å². The summed E-state index contributed by atoms with van der Waals surface area (Å²) in [6, 6.07) is 3.64. The largest absolute Gasteiger partial charge is 0.348 e. The van der Waals surface area contributed by atoms with Gasteiger partial charge in [0.2, 0.25) is 0 Å². The van der Waals surface area contributed by atoms with Crippen molar-refractivity contribution in [2.45, 2.75) is 18.9 Å². The van der Waals surface area contributed by atoms with Crippen LogP contribution >= 0.6 is 0 Å². The molecule has 20 heavy (non-hydrogen) atoms. The first-order valence-corrected chi connectivity index (χ1v) is 6.73. The van der Waals surface area contributed by atoms with Crippen molar-refractivity contribution in [3.05, 3.63) is 42.6 Å². The molecule has 104 valence electrons. The number of rotatable bonds is 5. The lowest BCUT2D eigenvalue weighted by Crippen LogP contribution is -2.41. The zero-order valence-electron chi connectivity index (χ0n) is 11.1. The first-order valence-electron chi connectivity index (χ1n) is 6.73. The van der Waals surface area contributed by atoms with Gasteiger partial charge in [0, 0.05) is 31.2 Å². The summed E-state index contributed by atoms with van der Waals surface area (Å²) < 4.78 is 1.79. The van der Waals surface area contributed by atoms with Crippen LogP contribution in [-0.2, 0) is 0 Å². The molecule has 6 heteroatoms. The summed E-state index contributed by atoms with van der Waals surface area (Å²) in [6.07, 6.45) is 9.04. The van der Waals surface area contributed by atoms with Gasteiger partial charge in [-0.2, -0.15) is 0 Å². The van der Waals surface area contributed by atoms with Gasteiger partial charge < -0.3 is 11.1 Å². The number of nitrogens with zero attached hydrogens (tertiary/aromatic N) is 3. The van der Waals surface area contributed by atoms with Crippen LogP contribution in [0.3, 0.4) is 0 Å². The molecule has 2 heterocycles. The summed E-state index contributed by atoms with van der Waals surface area (Å²) in [5.74, 6) is 1.16. The van der Waals surface area contributed by atoms with Crippen LogP contribution < -0.4 is 11.1 Å². The number of pyridine rings is 1. The monoisotopic (exact) mass is 271 g/mol. The minimum Gasteiger partial charge on any atom is -0.348 e. The standard InChI is InChI=1S/C14H17N5O/c15-7-12(10-1-2-10)18-14(20)11-3-4-13(17-8-11)19-6-5-16-9-19/h3-6,8-10,12H,1-2,7,15H2,(H,18,20). The highest BCUT2D eigenvalue weighted by Crippen LogP contribution is 2.32. The van der Waals surface area contributed by atoms with Crippen molar-refractivity contribution in [2.75, 3.05) is 6.54 Å².